The molecular weight excluding hydrogens is 374 g/mol. The first-order valence-corrected chi connectivity index (χ1v) is 9.81. The number of amides is 2. The second-order valence-corrected chi connectivity index (χ2v) is 7.18. The molecule has 0 aliphatic carbocycles. The smallest absolute Gasteiger partial charge is 0.308 e. The Morgan fingerprint density at radius 1 is 1.07 bits per heavy atom. The van der Waals surface area contributed by atoms with E-state index in [-0.39, 0.29) is 6.03 Å². The van der Waals surface area contributed by atoms with Crippen molar-refractivity contribution in [2.45, 2.75) is 20.3 Å². The highest BCUT2D eigenvalue weighted by molar-refractivity contribution is 6.00. The maximum Gasteiger partial charge on any atom is 0.323 e. The molecule has 30 heavy (non-hydrogen) atoms. The summed E-state index contributed by atoms with van der Waals surface area (Å²) in [6.45, 7) is 8.00. The summed E-state index contributed by atoms with van der Waals surface area (Å²) in [7, 11) is 0. The number of aromatic amines is 1. The lowest BCUT2D eigenvalue weighted by Crippen LogP contribution is -2.19. The quantitative estimate of drug-likeness (QED) is 0.394. The number of urea groups is 1. The highest BCUT2D eigenvalue weighted by atomic mass is 16.2. The molecule has 2 aromatic carbocycles. The van der Waals surface area contributed by atoms with Crippen LogP contribution in [0.2, 0.25) is 0 Å². The Morgan fingerprint density at radius 2 is 1.83 bits per heavy atom. The monoisotopic (exact) mass is 397 g/mol. The van der Waals surface area contributed by atoms with Crippen molar-refractivity contribution in [3.05, 3.63) is 78.6 Å². The lowest BCUT2D eigenvalue weighted by atomic mass is 10.0. The van der Waals surface area contributed by atoms with Crippen LogP contribution in [0.5, 0.6) is 0 Å². The summed E-state index contributed by atoms with van der Waals surface area (Å²) in [5, 5.41) is 13.7. The number of rotatable bonds is 5. The molecule has 6 heteroatoms. The third kappa shape index (κ3) is 4.07. The molecule has 0 bridgehead atoms. The molecule has 4 rings (SSSR count). The Balaban J connectivity index is 1.53. The van der Waals surface area contributed by atoms with Crippen molar-refractivity contribution in [2.75, 3.05) is 10.6 Å². The standard InChI is InChI=1S/C24H23N5O/c1-4-16-6-5-7-19(12-16)27-24(30)26-18-10-8-17(9-11-18)20-13-22(15(2)3)28-23-21(20)14-25-29-23/h5-14H,2,4H2,1,3H3,(H,25,28,29)(H2,26,27,30). The number of nitrogens with zero attached hydrogens (tertiary/aromatic N) is 2. The second-order valence-electron chi connectivity index (χ2n) is 7.18. The van der Waals surface area contributed by atoms with Crippen LogP contribution in [0.25, 0.3) is 27.7 Å². The van der Waals surface area contributed by atoms with E-state index in [1.165, 1.54) is 5.56 Å². The number of hydrogen-bond acceptors (Lipinski definition) is 3. The first kappa shape index (κ1) is 19.4. The Hall–Kier alpha value is -3.93. The number of fused-ring (bicyclic) bond motifs is 1. The van der Waals surface area contributed by atoms with E-state index in [1.54, 1.807) is 6.20 Å². The summed E-state index contributed by atoms with van der Waals surface area (Å²) in [5.74, 6) is 0. The van der Waals surface area contributed by atoms with Gasteiger partial charge in [0, 0.05) is 16.8 Å². The van der Waals surface area contributed by atoms with Gasteiger partial charge in [0.15, 0.2) is 5.65 Å². The van der Waals surface area contributed by atoms with Crippen molar-refractivity contribution >= 4 is 34.0 Å². The molecule has 150 valence electrons. The van der Waals surface area contributed by atoms with E-state index in [2.05, 4.69) is 39.3 Å². The van der Waals surface area contributed by atoms with Crippen LogP contribution >= 0.6 is 0 Å². The van der Waals surface area contributed by atoms with Crippen molar-refractivity contribution in [3.8, 4) is 11.1 Å². The highest BCUT2D eigenvalue weighted by Gasteiger charge is 2.11. The fourth-order valence-corrected chi connectivity index (χ4v) is 3.28. The normalized spacial score (nSPS) is 10.7. The average Bonchev–Trinajstić information content (AvgIpc) is 3.22. The molecule has 0 aliphatic heterocycles. The van der Waals surface area contributed by atoms with Crippen LogP contribution in [-0.2, 0) is 6.42 Å². The third-order valence-electron chi connectivity index (χ3n) is 4.91. The number of H-pyrrole nitrogens is 1. The minimum Gasteiger partial charge on any atom is -0.308 e. The van der Waals surface area contributed by atoms with Crippen LogP contribution < -0.4 is 10.6 Å². The van der Waals surface area contributed by atoms with Crippen molar-refractivity contribution in [2.24, 2.45) is 0 Å². The summed E-state index contributed by atoms with van der Waals surface area (Å²) in [5.41, 5.74) is 7.10. The summed E-state index contributed by atoms with van der Waals surface area (Å²) < 4.78 is 0. The summed E-state index contributed by atoms with van der Waals surface area (Å²) >= 11 is 0. The topological polar surface area (TPSA) is 82.7 Å². The van der Waals surface area contributed by atoms with Crippen molar-refractivity contribution in [3.63, 3.8) is 0 Å². The molecule has 0 saturated carbocycles. The van der Waals surface area contributed by atoms with Gasteiger partial charge in [-0.1, -0.05) is 37.8 Å². The largest absolute Gasteiger partial charge is 0.323 e. The minimum absolute atomic E-state index is 0.276. The molecule has 0 spiro atoms. The van der Waals surface area contributed by atoms with Crippen LogP contribution in [0.4, 0.5) is 16.2 Å². The molecule has 4 aromatic rings. The van der Waals surface area contributed by atoms with E-state index in [4.69, 9.17) is 0 Å². The number of hydrogen-bond donors (Lipinski definition) is 3. The molecule has 6 nitrogen and oxygen atoms in total. The maximum absolute atomic E-state index is 12.3. The number of carbonyl (C=O) groups excluding carboxylic acids is 1. The number of aromatic nitrogens is 3. The van der Waals surface area contributed by atoms with E-state index in [0.29, 0.717) is 5.69 Å². The van der Waals surface area contributed by atoms with Crippen LogP contribution in [0.1, 0.15) is 25.1 Å². The number of carbonyl (C=O) groups is 1. The predicted molar refractivity (Wildman–Crippen MR) is 122 cm³/mol. The van der Waals surface area contributed by atoms with Crippen molar-refractivity contribution in [1.82, 2.24) is 15.2 Å². The highest BCUT2D eigenvalue weighted by Crippen LogP contribution is 2.30. The number of nitrogens with one attached hydrogen (secondary N) is 3. The van der Waals surface area contributed by atoms with Gasteiger partial charge in [0.25, 0.3) is 0 Å². The van der Waals surface area contributed by atoms with E-state index < -0.39 is 0 Å². The predicted octanol–water partition coefficient (Wildman–Crippen LogP) is 5.86. The number of anilines is 2. The lowest BCUT2D eigenvalue weighted by Gasteiger charge is -2.10. The van der Waals surface area contributed by atoms with Gasteiger partial charge < -0.3 is 10.6 Å². The first-order chi connectivity index (χ1) is 14.5. The first-order valence-electron chi connectivity index (χ1n) is 9.81. The van der Waals surface area contributed by atoms with E-state index >= 15 is 0 Å². The van der Waals surface area contributed by atoms with Gasteiger partial charge in [-0.25, -0.2) is 9.78 Å². The average molecular weight is 397 g/mol. The Kier molecular flexibility index (Phi) is 5.30. The summed E-state index contributed by atoms with van der Waals surface area (Å²) in [6, 6.07) is 17.3. The zero-order chi connectivity index (χ0) is 21.1. The molecule has 0 atom stereocenters. The Bertz CT molecular complexity index is 1220. The molecule has 0 saturated heterocycles. The van der Waals surface area contributed by atoms with E-state index in [0.717, 1.165) is 45.5 Å². The van der Waals surface area contributed by atoms with Gasteiger partial charge in [0.1, 0.15) is 0 Å². The summed E-state index contributed by atoms with van der Waals surface area (Å²) in [6.07, 6.45) is 2.69. The van der Waals surface area contributed by atoms with Crippen molar-refractivity contribution < 1.29 is 4.79 Å². The Morgan fingerprint density at radius 3 is 2.57 bits per heavy atom. The number of benzene rings is 2. The van der Waals surface area contributed by atoms with Gasteiger partial charge in [-0.3, -0.25) is 5.10 Å². The molecule has 2 amide bonds. The lowest BCUT2D eigenvalue weighted by molar-refractivity contribution is 0.262. The van der Waals surface area contributed by atoms with E-state index in [9.17, 15) is 4.79 Å². The zero-order valence-corrected chi connectivity index (χ0v) is 17.0. The number of allylic oxidation sites excluding steroid dienone is 1. The number of pyridine rings is 1. The van der Waals surface area contributed by atoms with Crippen LogP contribution in [0.15, 0.2) is 67.4 Å². The third-order valence-corrected chi connectivity index (χ3v) is 4.91. The van der Waals surface area contributed by atoms with Crippen molar-refractivity contribution in [1.29, 1.82) is 0 Å². The molecule has 0 radical (unpaired) electrons. The van der Waals surface area contributed by atoms with E-state index in [1.807, 2.05) is 61.5 Å². The molecule has 2 heterocycles. The van der Waals surface area contributed by atoms with Gasteiger partial charge in [-0.15, -0.1) is 0 Å². The van der Waals surface area contributed by atoms with Gasteiger partial charge >= 0.3 is 6.03 Å². The van der Waals surface area contributed by atoms with Gasteiger partial charge in [-0.2, -0.15) is 5.10 Å². The summed E-state index contributed by atoms with van der Waals surface area (Å²) in [4.78, 5) is 16.9. The minimum atomic E-state index is -0.276. The molecule has 3 N–H and O–H groups in total. The van der Waals surface area contributed by atoms with Gasteiger partial charge in [0.2, 0.25) is 0 Å². The van der Waals surface area contributed by atoms with Crippen LogP contribution in [-0.4, -0.2) is 21.2 Å². The molecule has 2 aromatic heterocycles. The Labute approximate surface area is 175 Å². The molecule has 0 fully saturated rings. The second kappa shape index (κ2) is 8.21. The van der Waals surface area contributed by atoms with Gasteiger partial charge in [0.05, 0.1) is 11.9 Å². The molecule has 0 aliphatic rings. The zero-order valence-electron chi connectivity index (χ0n) is 17.0. The number of aryl methyl sites for hydroxylation is 1. The SMILES string of the molecule is C=C(C)c1cc(-c2ccc(NC(=O)Nc3cccc(CC)c3)cc2)c2cn[nH]c2n1. The van der Waals surface area contributed by atoms with Crippen LogP contribution in [0.3, 0.4) is 0 Å². The fourth-order valence-electron chi connectivity index (χ4n) is 3.28. The van der Waals surface area contributed by atoms with Gasteiger partial charge in [-0.05, 0) is 65.9 Å². The van der Waals surface area contributed by atoms with Crippen LogP contribution in [0, 0.1) is 0 Å². The maximum atomic E-state index is 12.3. The molecule has 0 unspecified atom stereocenters. The fraction of sp³-hybridized carbons (Fsp3) is 0.125. The molecular formula is C24H23N5O.